The first-order valence-corrected chi connectivity index (χ1v) is 11.3. The van der Waals surface area contributed by atoms with Gasteiger partial charge in [0.25, 0.3) is 0 Å². The van der Waals surface area contributed by atoms with Crippen molar-refractivity contribution in [3.8, 4) is 0 Å². The number of aliphatic hydroxyl groups is 1. The van der Waals surface area contributed by atoms with E-state index >= 15 is 0 Å². The molecule has 0 aromatic carbocycles. The standard InChI is InChI=1S/C23H33N3O5/c1-5-22-9-6-11-24(4)19(28)16(22)17-20(29)26(13-8-14-27)18-21(30)25(15(2)3)12-7-10-23(17,18)31-22/h6-7,9-10,15-18,27H,5,8,11-14H2,1-4H3/t16-,17-,18?,22+,23-/m0/s1. The number of nitrogens with zero attached hydrogens (tertiary/aromatic N) is 3. The zero-order chi connectivity index (χ0) is 22.6. The lowest BCUT2D eigenvalue weighted by molar-refractivity contribution is -0.154. The quantitative estimate of drug-likeness (QED) is 0.643. The zero-order valence-electron chi connectivity index (χ0n) is 18.8. The van der Waals surface area contributed by atoms with Crippen molar-refractivity contribution in [1.82, 2.24) is 14.7 Å². The third-order valence-electron chi connectivity index (χ3n) is 7.35. The highest BCUT2D eigenvalue weighted by molar-refractivity contribution is 6.00. The first kappa shape index (κ1) is 22.0. The van der Waals surface area contributed by atoms with Gasteiger partial charge in [0.15, 0.2) is 0 Å². The van der Waals surface area contributed by atoms with Crippen LogP contribution in [-0.4, -0.2) is 94.1 Å². The summed E-state index contributed by atoms with van der Waals surface area (Å²) in [7, 11) is 1.73. The van der Waals surface area contributed by atoms with Gasteiger partial charge < -0.3 is 24.5 Å². The van der Waals surface area contributed by atoms with E-state index in [1.807, 2.05) is 45.1 Å². The topological polar surface area (TPSA) is 90.4 Å². The maximum Gasteiger partial charge on any atom is 0.249 e. The normalized spacial score (nSPS) is 37.3. The number of carbonyl (C=O) groups is 3. The van der Waals surface area contributed by atoms with Gasteiger partial charge in [0.1, 0.15) is 11.6 Å². The van der Waals surface area contributed by atoms with Crippen LogP contribution in [0.1, 0.15) is 33.6 Å². The lowest BCUT2D eigenvalue weighted by atomic mass is 9.73. The number of likely N-dealkylation sites (N-methyl/N-ethyl adjacent to an activating group) is 1. The number of fused-ring (bicyclic) bond motifs is 2. The van der Waals surface area contributed by atoms with Crippen molar-refractivity contribution in [2.75, 3.05) is 33.3 Å². The minimum atomic E-state index is -1.20. The summed E-state index contributed by atoms with van der Waals surface area (Å²) in [5, 5.41) is 9.40. The summed E-state index contributed by atoms with van der Waals surface area (Å²) in [4.78, 5) is 46.0. The average Bonchev–Trinajstić information content (AvgIpc) is 3.02. The number of amides is 3. The van der Waals surface area contributed by atoms with Crippen LogP contribution in [0.15, 0.2) is 24.3 Å². The molecule has 4 heterocycles. The molecule has 8 heteroatoms. The maximum absolute atomic E-state index is 13.8. The van der Waals surface area contributed by atoms with Crippen molar-refractivity contribution < 1.29 is 24.2 Å². The molecule has 0 saturated carbocycles. The molecule has 0 aliphatic carbocycles. The summed E-state index contributed by atoms with van der Waals surface area (Å²) in [6.07, 6.45) is 8.51. The van der Waals surface area contributed by atoms with E-state index < -0.39 is 29.1 Å². The molecule has 31 heavy (non-hydrogen) atoms. The third-order valence-corrected chi connectivity index (χ3v) is 7.35. The first-order chi connectivity index (χ1) is 14.7. The van der Waals surface area contributed by atoms with E-state index in [9.17, 15) is 19.5 Å². The Morgan fingerprint density at radius 3 is 2.45 bits per heavy atom. The Labute approximate surface area is 183 Å². The third kappa shape index (κ3) is 2.98. The molecule has 8 nitrogen and oxygen atoms in total. The van der Waals surface area contributed by atoms with E-state index in [1.165, 1.54) is 0 Å². The number of hydrogen-bond donors (Lipinski definition) is 1. The van der Waals surface area contributed by atoms with Crippen LogP contribution in [0.2, 0.25) is 0 Å². The van der Waals surface area contributed by atoms with Crippen LogP contribution in [0, 0.1) is 11.8 Å². The maximum atomic E-state index is 13.8. The van der Waals surface area contributed by atoms with Crippen LogP contribution in [0.5, 0.6) is 0 Å². The van der Waals surface area contributed by atoms with Crippen molar-refractivity contribution in [2.45, 2.75) is 56.9 Å². The summed E-state index contributed by atoms with van der Waals surface area (Å²) in [6, 6.07) is -0.889. The molecule has 4 rings (SSSR count). The SMILES string of the molecule is CC[C@@]12C=CCN(C)C(=O)[C@@H]1[C@H]1C(=O)N(CCCO)C3C(=O)N(C(C)C)CC=C[C@@]31O2. The van der Waals surface area contributed by atoms with Crippen molar-refractivity contribution in [1.29, 1.82) is 0 Å². The number of likely N-dealkylation sites (tertiary alicyclic amines) is 1. The van der Waals surface area contributed by atoms with Gasteiger partial charge in [0, 0.05) is 39.3 Å². The van der Waals surface area contributed by atoms with Crippen molar-refractivity contribution in [2.24, 2.45) is 11.8 Å². The second kappa shape index (κ2) is 7.74. The average molecular weight is 432 g/mol. The lowest BCUT2D eigenvalue weighted by Gasteiger charge is -2.39. The van der Waals surface area contributed by atoms with Gasteiger partial charge in [-0.3, -0.25) is 14.4 Å². The zero-order valence-corrected chi connectivity index (χ0v) is 18.8. The molecule has 170 valence electrons. The van der Waals surface area contributed by atoms with Gasteiger partial charge in [-0.2, -0.15) is 0 Å². The smallest absolute Gasteiger partial charge is 0.249 e. The lowest BCUT2D eigenvalue weighted by Crippen LogP contribution is -2.57. The van der Waals surface area contributed by atoms with Gasteiger partial charge in [-0.05, 0) is 26.7 Å². The fourth-order valence-corrected chi connectivity index (χ4v) is 5.84. The van der Waals surface area contributed by atoms with Crippen molar-refractivity contribution in [3.05, 3.63) is 24.3 Å². The number of ether oxygens (including phenoxy) is 1. The first-order valence-electron chi connectivity index (χ1n) is 11.3. The van der Waals surface area contributed by atoms with Crippen LogP contribution >= 0.6 is 0 Å². The Morgan fingerprint density at radius 2 is 1.81 bits per heavy atom. The predicted molar refractivity (Wildman–Crippen MR) is 114 cm³/mol. The molecular formula is C23H33N3O5. The monoisotopic (exact) mass is 431 g/mol. The Balaban J connectivity index is 1.90. The summed E-state index contributed by atoms with van der Waals surface area (Å²) < 4.78 is 6.78. The Bertz CT molecular complexity index is 839. The highest BCUT2D eigenvalue weighted by atomic mass is 16.5. The Hall–Kier alpha value is -2.19. The van der Waals surface area contributed by atoms with Crippen LogP contribution in [0.3, 0.4) is 0 Å². The summed E-state index contributed by atoms with van der Waals surface area (Å²) >= 11 is 0. The van der Waals surface area contributed by atoms with E-state index in [1.54, 1.807) is 21.7 Å². The number of hydrogen-bond acceptors (Lipinski definition) is 5. The molecule has 0 aromatic rings. The van der Waals surface area contributed by atoms with Gasteiger partial charge in [-0.1, -0.05) is 31.2 Å². The van der Waals surface area contributed by atoms with Gasteiger partial charge in [-0.15, -0.1) is 0 Å². The minimum Gasteiger partial charge on any atom is -0.396 e. The Kier molecular flexibility index (Phi) is 5.50. The fraction of sp³-hybridized carbons (Fsp3) is 0.696. The van der Waals surface area contributed by atoms with Gasteiger partial charge in [0.2, 0.25) is 17.7 Å². The largest absolute Gasteiger partial charge is 0.396 e. The minimum absolute atomic E-state index is 0.0409. The molecule has 4 aliphatic heterocycles. The molecule has 5 atom stereocenters. The number of carbonyl (C=O) groups excluding carboxylic acids is 3. The van der Waals surface area contributed by atoms with E-state index in [2.05, 4.69) is 0 Å². The molecule has 1 unspecified atom stereocenters. The van der Waals surface area contributed by atoms with Gasteiger partial charge in [-0.25, -0.2) is 0 Å². The summed E-state index contributed by atoms with van der Waals surface area (Å²) in [6.45, 7) is 6.91. The molecule has 0 bridgehead atoms. The second-order valence-electron chi connectivity index (χ2n) is 9.34. The summed E-state index contributed by atoms with van der Waals surface area (Å²) in [5.74, 6) is -2.00. The van der Waals surface area contributed by atoms with Crippen LogP contribution in [0.4, 0.5) is 0 Å². The van der Waals surface area contributed by atoms with E-state index in [-0.39, 0.29) is 36.9 Å². The highest BCUT2D eigenvalue weighted by Gasteiger charge is 2.75. The van der Waals surface area contributed by atoms with E-state index in [0.29, 0.717) is 25.9 Å². The molecular weight excluding hydrogens is 398 g/mol. The van der Waals surface area contributed by atoms with E-state index in [0.717, 1.165) is 0 Å². The van der Waals surface area contributed by atoms with Gasteiger partial charge in [0.05, 0.1) is 17.4 Å². The van der Waals surface area contributed by atoms with E-state index in [4.69, 9.17) is 4.74 Å². The predicted octanol–water partition coefficient (Wildman–Crippen LogP) is 0.565. The number of aliphatic hydroxyl groups excluding tert-OH is 1. The van der Waals surface area contributed by atoms with Crippen LogP contribution in [0.25, 0.3) is 0 Å². The van der Waals surface area contributed by atoms with Crippen LogP contribution in [-0.2, 0) is 19.1 Å². The molecule has 4 aliphatic rings. The van der Waals surface area contributed by atoms with Gasteiger partial charge >= 0.3 is 0 Å². The van der Waals surface area contributed by atoms with Crippen LogP contribution < -0.4 is 0 Å². The molecule has 1 N–H and O–H groups in total. The van der Waals surface area contributed by atoms with Crippen molar-refractivity contribution in [3.63, 3.8) is 0 Å². The van der Waals surface area contributed by atoms with Crippen molar-refractivity contribution >= 4 is 17.7 Å². The molecule has 0 radical (unpaired) electrons. The molecule has 3 amide bonds. The summed E-state index contributed by atoms with van der Waals surface area (Å²) in [5.41, 5.74) is -2.13. The Morgan fingerprint density at radius 1 is 1.10 bits per heavy atom. The molecule has 2 saturated heterocycles. The molecule has 1 spiro atoms. The number of rotatable bonds is 5. The molecule has 2 fully saturated rings. The fourth-order valence-electron chi connectivity index (χ4n) is 5.84. The molecule has 0 aromatic heterocycles. The highest BCUT2D eigenvalue weighted by Crippen LogP contribution is 2.58. The second-order valence-corrected chi connectivity index (χ2v) is 9.34.